The number of unbranched alkanes of at least 4 members (excludes halogenated alkanes) is 1. The number of anilines is 3. The van der Waals surface area contributed by atoms with E-state index >= 15 is 0 Å². The van der Waals surface area contributed by atoms with E-state index in [0.717, 1.165) is 45.7 Å². The molecule has 0 spiro atoms. The summed E-state index contributed by atoms with van der Waals surface area (Å²) in [7, 11) is 0. The molecule has 0 bridgehead atoms. The van der Waals surface area contributed by atoms with Crippen molar-refractivity contribution >= 4 is 45.6 Å². The van der Waals surface area contributed by atoms with Gasteiger partial charge in [0.1, 0.15) is 23.5 Å². The van der Waals surface area contributed by atoms with Gasteiger partial charge in [0, 0.05) is 24.2 Å². The van der Waals surface area contributed by atoms with E-state index in [1.165, 1.54) is 24.5 Å². The maximum Gasteiger partial charge on any atom is 0.247 e. The Morgan fingerprint density at radius 1 is 1.23 bits per heavy atom. The molecule has 1 aliphatic rings. The van der Waals surface area contributed by atoms with Crippen LogP contribution in [0.25, 0.3) is 10.9 Å². The molecule has 1 aromatic heterocycles. The van der Waals surface area contributed by atoms with Crippen molar-refractivity contribution in [3.8, 4) is 5.75 Å². The molecule has 4 rings (SSSR count). The van der Waals surface area contributed by atoms with Crippen LogP contribution >= 0.6 is 11.6 Å². The molecule has 1 amide bonds. The Labute approximate surface area is 208 Å². The van der Waals surface area contributed by atoms with Crippen molar-refractivity contribution in [3.05, 3.63) is 60.2 Å². The second-order valence-electron chi connectivity index (χ2n) is 8.02. The first kappa shape index (κ1) is 24.8. The molecule has 0 saturated carbocycles. The van der Waals surface area contributed by atoms with Crippen molar-refractivity contribution in [1.29, 1.82) is 0 Å². The Kier molecular flexibility index (Phi) is 8.46. The number of hydrogen-bond acceptors (Lipinski definition) is 7. The van der Waals surface area contributed by atoms with Gasteiger partial charge in [-0.1, -0.05) is 18.2 Å². The standard InChI is InChI=1S/C25H27ClFN5O3/c1-2-22(33)31-21-8-6-18-23(24(21)35-12-4-3-9-32-10-13-34-14-11-32)28-16-29-25(18)30-17-5-7-20(27)19(26)15-17/h2,5-8,15-16H,1,3-4,9-14H2,(H,31,33)(H,28,29,30). The lowest BCUT2D eigenvalue weighted by Gasteiger charge is -2.26. The monoisotopic (exact) mass is 499 g/mol. The van der Waals surface area contributed by atoms with Gasteiger partial charge >= 0.3 is 0 Å². The highest BCUT2D eigenvalue weighted by Gasteiger charge is 2.16. The lowest BCUT2D eigenvalue weighted by molar-refractivity contribution is -0.111. The molecule has 2 heterocycles. The van der Waals surface area contributed by atoms with Gasteiger partial charge in [0.05, 0.1) is 30.5 Å². The third kappa shape index (κ3) is 6.45. The van der Waals surface area contributed by atoms with E-state index in [4.69, 9.17) is 21.1 Å². The summed E-state index contributed by atoms with van der Waals surface area (Å²) in [5, 5.41) is 6.61. The third-order valence-electron chi connectivity index (χ3n) is 5.60. The van der Waals surface area contributed by atoms with Gasteiger partial charge in [0.15, 0.2) is 5.75 Å². The molecule has 0 aliphatic carbocycles. The second kappa shape index (κ2) is 11.9. The Morgan fingerprint density at radius 2 is 2.06 bits per heavy atom. The van der Waals surface area contributed by atoms with E-state index in [0.29, 0.717) is 40.5 Å². The fourth-order valence-corrected chi connectivity index (χ4v) is 3.96. The molecule has 10 heteroatoms. The summed E-state index contributed by atoms with van der Waals surface area (Å²) in [6.45, 7) is 8.42. The number of aromatic nitrogens is 2. The van der Waals surface area contributed by atoms with Crippen molar-refractivity contribution in [2.24, 2.45) is 0 Å². The number of carbonyl (C=O) groups excluding carboxylic acids is 1. The average Bonchev–Trinajstić information content (AvgIpc) is 2.87. The number of morpholine rings is 1. The van der Waals surface area contributed by atoms with E-state index in [9.17, 15) is 9.18 Å². The number of ether oxygens (including phenoxy) is 2. The van der Waals surface area contributed by atoms with Gasteiger partial charge in [-0.2, -0.15) is 0 Å². The third-order valence-corrected chi connectivity index (χ3v) is 5.89. The zero-order chi connectivity index (χ0) is 24.6. The Hall–Kier alpha value is -3.27. The zero-order valence-corrected chi connectivity index (χ0v) is 20.0. The number of nitrogens with zero attached hydrogens (tertiary/aromatic N) is 3. The molecule has 35 heavy (non-hydrogen) atoms. The van der Waals surface area contributed by atoms with Crippen LogP contribution in [-0.4, -0.2) is 60.2 Å². The van der Waals surface area contributed by atoms with Crippen LogP contribution in [0.4, 0.5) is 21.6 Å². The van der Waals surface area contributed by atoms with Crippen molar-refractivity contribution in [2.75, 3.05) is 50.1 Å². The molecule has 2 N–H and O–H groups in total. The smallest absolute Gasteiger partial charge is 0.247 e. The molecule has 184 valence electrons. The SMILES string of the molecule is C=CC(=O)Nc1ccc2c(Nc3ccc(F)c(Cl)c3)ncnc2c1OCCCCN1CCOCC1. The minimum absolute atomic E-state index is 0.00360. The molecule has 0 atom stereocenters. The molecule has 1 aliphatic heterocycles. The topological polar surface area (TPSA) is 88.6 Å². The molecular formula is C25H27ClFN5O3. The molecule has 2 aromatic carbocycles. The first-order valence-electron chi connectivity index (χ1n) is 11.4. The summed E-state index contributed by atoms with van der Waals surface area (Å²) in [6, 6.07) is 7.85. The lowest BCUT2D eigenvalue weighted by Crippen LogP contribution is -2.36. The van der Waals surface area contributed by atoms with Gasteiger partial charge in [0.2, 0.25) is 5.91 Å². The quantitative estimate of drug-likeness (QED) is 0.306. The van der Waals surface area contributed by atoms with Gasteiger partial charge in [0.25, 0.3) is 0 Å². The van der Waals surface area contributed by atoms with Gasteiger partial charge in [-0.25, -0.2) is 14.4 Å². The van der Waals surface area contributed by atoms with Crippen molar-refractivity contribution in [2.45, 2.75) is 12.8 Å². The highest BCUT2D eigenvalue weighted by Crippen LogP contribution is 2.36. The highest BCUT2D eigenvalue weighted by molar-refractivity contribution is 6.31. The Balaban J connectivity index is 1.54. The van der Waals surface area contributed by atoms with Crippen LogP contribution < -0.4 is 15.4 Å². The average molecular weight is 500 g/mol. The van der Waals surface area contributed by atoms with Crippen LogP contribution in [0, 0.1) is 5.82 Å². The largest absolute Gasteiger partial charge is 0.489 e. The first-order chi connectivity index (χ1) is 17.0. The first-order valence-corrected chi connectivity index (χ1v) is 11.8. The normalized spacial score (nSPS) is 14.0. The predicted octanol–water partition coefficient (Wildman–Crippen LogP) is 4.78. The van der Waals surface area contributed by atoms with Gasteiger partial charge in [-0.05, 0) is 55.8 Å². The van der Waals surface area contributed by atoms with Crippen LogP contribution in [0.15, 0.2) is 49.3 Å². The minimum atomic E-state index is -0.503. The van der Waals surface area contributed by atoms with Crippen LogP contribution in [0.1, 0.15) is 12.8 Å². The summed E-state index contributed by atoms with van der Waals surface area (Å²) >= 11 is 5.91. The van der Waals surface area contributed by atoms with Crippen LogP contribution in [-0.2, 0) is 9.53 Å². The Morgan fingerprint density at radius 3 is 2.83 bits per heavy atom. The van der Waals surface area contributed by atoms with E-state index in [-0.39, 0.29) is 10.9 Å². The van der Waals surface area contributed by atoms with Crippen LogP contribution in [0.5, 0.6) is 5.75 Å². The number of amides is 1. The number of carbonyl (C=O) groups is 1. The number of halogens is 2. The zero-order valence-electron chi connectivity index (χ0n) is 19.2. The molecule has 0 radical (unpaired) electrons. The van der Waals surface area contributed by atoms with Crippen LogP contribution in [0.2, 0.25) is 5.02 Å². The molecular weight excluding hydrogens is 473 g/mol. The maximum atomic E-state index is 13.5. The maximum absolute atomic E-state index is 13.5. The number of hydrogen-bond donors (Lipinski definition) is 2. The summed E-state index contributed by atoms with van der Waals surface area (Å²) in [6.07, 6.45) is 4.42. The molecule has 1 fully saturated rings. The van der Waals surface area contributed by atoms with E-state index in [1.54, 1.807) is 18.2 Å². The lowest BCUT2D eigenvalue weighted by atomic mass is 10.1. The van der Waals surface area contributed by atoms with Crippen molar-refractivity contribution in [1.82, 2.24) is 14.9 Å². The molecule has 8 nitrogen and oxygen atoms in total. The summed E-state index contributed by atoms with van der Waals surface area (Å²) in [5.41, 5.74) is 1.60. The summed E-state index contributed by atoms with van der Waals surface area (Å²) < 4.78 is 25.1. The molecule has 3 aromatic rings. The number of fused-ring (bicyclic) bond motifs is 1. The van der Waals surface area contributed by atoms with Gasteiger partial charge in [-0.3, -0.25) is 9.69 Å². The van der Waals surface area contributed by atoms with Gasteiger partial charge in [-0.15, -0.1) is 0 Å². The number of benzene rings is 2. The number of rotatable bonds is 10. The number of nitrogens with one attached hydrogen (secondary N) is 2. The Bertz CT molecular complexity index is 1200. The fraction of sp³-hybridized carbons (Fsp3) is 0.320. The molecule has 1 saturated heterocycles. The molecule has 0 unspecified atom stereocenters. The predicted molar refractivity (Wildman–Crippen MR) is 135 cm³/mol. The van der Waals surface area contributed by atoms with Gasteiger partial charge < -0.3 is 20.1 Å². The van der Waals surface area contributed by atoms with E-state index < -0.39 is 5.82 Å². The van der Waals surface area contributed by atoms with Crippen molar-refractivity contribution in [3.63, 3.8) is 0 Å². The van der Waals surface area contributed by atoms with E-state index in [1.807, 2.05) is 0 Å². The summed E-state index contributed by atoms with van der Waals surface area (Å²) in [4.78, 5) is 23.1. The summed E-state index contributed by atoms with van der Waals surface area (Å²) in [5.74, 6) is 0.0923. The van der Waals surface area contributed by atoms with E-state index in [2.05, 4.69) is 32.1 Å². The fourth-order valence-electron chi connectivity index (χ4n) is 3.78. The minimum Gasteiger partial charge on any atom is -0.489 e. The van der Waals surface area contributed by atoms with Crippen molar-refractivity contribution < 1.29 is 18.7 Å². The highest BCUT2D eigenvalue weighted by atomic mass is 35.5. The second-order valence-corrected chi connectivity index (χ2v) is 8.42. The van der Waals surface area contributed by atoms with Crippen LogP contribution in [0.3, 0.4) is 0 Å².